The predicted octanol–water partition coefficient (Wildman–Crippen LogP) is 14.3. The number of rotatable bonds is 21. The van der Waals surface area contributed by atoms with Crippen molar-refractivity contribution in [3.05, 3.63) is 0 Å². The Balaban J connectivity index is 1.23. The van der Waals surface area contributed by atoms with Gasteiger partial charge >= 0.3 is 56.9 Å². The van der Waals surface area contributed by atoms with Crippen LogP contribution in [0.3, 0.4) is 0 Å². The number of hydrogen-bond donors (Lipinski definition) is 0. The van der Waals surface area contributed by atoms with E-state index in [1.807, 2.05) is 0 Å². The molecule has 0 aromatic heterocycles. The van der Waals surface area contributed by atoms with E-state index in [-0.39, 0.29) is 34.9 Å². The second-order valence-electron chi connectivity index (χ2n) is 35.7. The maximum Gasteiger partial charge on any atom is 0.461 e. The molecule has 8 heterocycles. The zero-order chi connectivity index (χ0) is 65.1. The van der Waals surface area contributed by atoms with Crippen molar-refractivity contribution in [3.8, 4) is 0 Å². The van der Waals surface area contributed by atoms with Gasteiger partial charge in [0.15, 0.2) is 0 Å². The molecule has 0 aromatic rings. The van der Waals surface area contributed by atoms with E-state index in [1.165, 1.54) is 0 Å². The van der Waals surface area contributed by atoms with Gasteiger partial charge in [0.1, 0.15) is 0 Å². The van der Waals surface area contributed by atoms with Crippen LogP contribution in [0.5, 0.6) is 0 Å². The molecule has 0 N–H and O–H groups in total. The third-order valence-corrected chi connectivity index (χ3v) is 24.8. The first-order chi connectivity index (χ1) is 38.4. The summed E-state index contributed by atoms with van der Waals surface area (Å²) >= 11 is 0. The van der Waals surface area contributed by atoms with Gasteiger partial charge in [-0.25, -0.2) is 0 Å². The highest BCUT2D eigenvalue weighted by Gasteiger charge is 2.65. The lowest BCUT2D eigenvalue weighted by molar-refractivity contribution is 0.00578. The topological polar surface area (TPSA) is 148 Å². The van der Waals surface area contributed by atoms with Gasteiger partial charge in [0.2, 0.25) is 0 Å². The van der Waals surface area contributed by atoms with Crippen LogP contribution in [-0.4, -0.2) is 147 Å². The molecule has 0 aromatic carbocycles. The molecular formula is C62H118B8O16. The van der Waals surface area contributed by atoms with Gasteiger partial charge in [0.25, 0.3) is 0 Å². The third kappa shape index (κ3) is 13.7. The minimum absolute atomic E-state index is 0.124. The quantitative estimate of drug-likeness (QED) is 0.100. The average molecular weight is 1210 g/mol. The van der Waals surface area contributed by atoms with E-state index in [9.17, 15) is 0 Å². The van der Waals surface area contributed by atoms with Crippen LogP contribution in [0, 0.1) is 0 Å². The molecule has 0 bridgehead atoms. The van der Waals surface area contributed by atoms with E-state index in [4.69, 9.17) is 74.5 Å². The highest BCUT2D eigenvalue weighted by molar-refractivity contribution is 6.55. The van der Waals surface area contributed by atoms with E-state index in [0.29, 0.717) is 51.2 Å². The molecule has 8 aliphatic heterocycles. The summed E-state index contributed by atoms with van der Waals surface area (Å²) in [5.74, 6) is -1.32. The van der Waals surface area contributed by atoms with Crippen LogP contribution >= 0.6 is 0 Å². The maximum atomic E-state index is 7.29. The van der Waals surface area contributed by atoms with E-state index in [2.05, 4.69) is 222 Å². The SMILES string of the molecule is CC1(C)OB(CC[C@@H](C[C@@H](C[C@H](C[C@@H](C[C@H](C[C@H](CB2OC(C)(C)C(C)(C)O2)B2OC(C)(C)C(C)(C)O2)B2OC(C)(C)C(C)(C)O2)B2OC(C)(C)C(C)(C)O2)B2OC(C)(C)C(C)(C)O2)B2OC(C)(C)C(C)(C)O2)B2OC(C)(C)C(C)(C)O2)OC1(C)C. The van der Waals surface area contributed by atoms with Crippen molar-refractivity contribution in [1.82, 2.24) is 0 Å². The molecule has 0 aliphatic carbocycles. The van der Waals surface area contributed by atoms with Crippen LogP contribution in [-0.2, 0) is 74.5 Å². The number of hydrogen-bond acceptors (Lipinski definition) is 16. The Kier molecular flexibility index (Phi) is 19.0. The minimum Gasteiger partial charge on any atom is -0.403 e. The Hall–Kier alpha value is -0.121. The lowest BCUT2D eigenvalue weighted by Gasteiger charge is -2.34. The molecule has 0 unspecified atom stereocenters. The molecular weight excluding hydrogens is 1090 g/mol. The van der Waals surface area contributed by atoms with E-state index in [1.54, 1.807) is 0 Å². The molecule has 0 saturated carbocycles. The maximum absolute atomic E-state index is 7.29. The largest absolute Gasteiger partial charge is 0.461 e. The lowest BCUT2D eigenvalue weighted by Crippen LogP contribution is -2.41. The molecule has 0 radical (unpaired) electrons. The van der Waals surface area contributed by atoms with Crippen LogP contribution in [0.2, 0.25) is 47.5 Å². The van der Waals surface area contributed by atoms with Gasteiger partial charge in [-0.2, -0.15) is 0 Å². The molecule has 8 saturated heterocycles. The van der Waals surface area contributed by atoms with Gasteiger partial charge in [-0.05, 0) is 269 Å². The predicted molar refractivity (Wildman–Crippen MR) is 348 cm³/mol. The lowest BCUT2D eigenvalue weighted by atomic mass is 9.48. The van der Waals surface area contributed by atoms with Gasteiger partial charge in [-0.3, -0.25) is 0 Å². The van der Waals surface area contributed by atoms with Gasteiger partial charge in [0.05, 0.1) is 89.6 Å². The van der Waals surface area contributed by atoms with Crippen LogP contribution in [0.25, 0.3) is 0 Å². The Morgan fingerprint density at radius 3 is 0.558 bits per heavy atom. The third-order valence-electron chi connectivity index (χ3n) is 24.8. The second kappa shape index (κ2) is 22.8. The molecule has 8 rings (SSSR count). The van der Waals surface area contributed by atoms with E-state index < -0.39 is 147 Å². The van der Waals surface area contributed by atoms with Gasteiger partial charge in [0, 0.05) is 0 Å². The van der Waals surface area contributed by atoms with Crippen molar-refractivity contribution in [3.63, 3.8) is 0 Å². The molecule has 8 aliphatic rings. The van der Waals surface area contributed by atoms with Crippen LogP contribution < -0.4 is 0 Å². The average Bonchev–Trinajstić information content (AvgIpc) is 1.81. The zero-order valence-corrected chi connectivity index (χ0v) is 60.3. The van der Waals surface area contributed by atoms with Crippen molar-refractivity contribution in [2.75, 3.05) is 0 Å². The first-order valence-electron chi connectivity index (χ1n) is 33.3. The van der Waals surface area contributed by atoms with Crippen molar-refractivity contribution < 1.29 is 74.5 Å². The van der Waals surface area contributed by atoms with Crippen molar-refractivity contribution in [1.29, 1.82) is 0 Å². The Labute approximate surface area is 526 Å². The standard InChI is InChI=1S/C62H118B8O16/c1-47(2)48(3,4)72-63(71-47)34-33-41(65-75-51(9,10)52(11,12)76-65)35-42(66-77-53(13,14)54(15,16)78-66)36-43(67-79-55(17,18)56(19,20)80-67)37-44(68-81-57(21,22)58(23,24)82-68)38-45(69-83-59(25,26)60(27,28)84-69)39-46(70-85-61(29,30)62(31,32)86-70)40-64-73-49(5,6)50(7,8)74-64/h41-46H,33-40H2,1-32H3/t41-,42-,43+,44-,45+,46+/m0/s1. The fraction of sp³-hybridized carbons (Fsp3) is 1.00. The Morgan fingerprint density at radius 2 is 0.337 bits per heavy atom. The summed E-state index contributed by atoms with van der Waals surface area (Å²) in [4.78, 5) is 0. The summed E-state index contributed by atoms with van der Waals surface area (Å²) in [5.41, 5.74) is -9.40. The minimum atomic E-state index is -0.643. The molecule has 8 fully saturated rings. The monoisotopic (exact) mass is 1210 g/mol. The molecule has 486 valence electrons. The van der Waals surface area contributed by atoms with Gasteiger partial charge in [-0.1, -0.05) is 38.5 Å². The van der Waals surface area contributed by atoms with Gasteiger partial charge in [-0.15, -0.1) is 0 Å². The zero-order valence-electron chi connectivity index (χ0n) is 60.3. The summed E-state index contributed by atoms with van der Waals surface area (Å²) in [6, 6.07) is 0. The normalized spacial score (nSPS) is 31.7. The summed E-state index contributed by atoms with van der Waals surface area (Å²) in [5, 5.41) is 0. The van der Waals surface area contributed by atoms with Crippen molar-refractivity contribution >= 4 is 56.9 Å². The van der Waals surface area contributed by atoms with Crippen LogP contribution in [0.1, 0.15) is 260 Å². The van der Waals surface area contributed by atoms with Crippen molar-refractivity contribution in [2.24, 2.45) is 0 Å². The highest BCUT2D eigenvalue weighted by Crippen LogP contribution is 2.57. The fourth-order valence-corrected chi connectivity index (χ4v) is 13.1. The first-order valence-corrected chi connectivity index (χ1v) is 33.3. The molecule has 24 heteroatoms. The van der Waals surface area contributed by atoms with Crippen molar-refractivity contribution in [2.45, 2.75) is 397 Å². The summed E-state index contributed by atoms with van der Waals surface area (Å²) in [7, 11) is -4.53. The molecule has 16 nitrogen and oxygen atoms in total. The molecule has 0 amide bonds. The Morgan fingerprint density at radius 1 is 0.186 bits per heavy atom. The van der Waals surface area contributed by atoms with Crippen LogP contribution in [0.4, 0.5) is 0 Å². The van der Waals surface area contributed by atoms with Crippen LogP contribution in [0.15, 0.2) is 0 Å². The summed E-state index contributed by atoms with van der Waals surface area (Å²) in [6.07, 6.45) is 4.83. The highest BCUT2D eigenvalue weighted by atomic mass is 16.7. The smallest absolute Gasteiger partial charge is 0.403 e. The fourth-order valence-electron chi connectivity index (χ4n) is 13.1. The Bertz CT molecular complexity index is 2280. The van der Waals surface area contributed by atoms with E-state index >= 15 is 0 Å². The first kappa shape index (κ1) is 71.7. The van der Waals surface area contributed by atoms with E-state index in [0.717, 1.165) is 0 Å². The summed E-state index contributed by atoms with van der Waals surface area (Å²) in [6.45, 7) is 67.9. The van der Waals surface area contributed by atoms with Gasteiger partial charge < -0.3 is 74.5 Å². The molecule has 86 heavy (non-hydrogen) atoms. The second-order valence-corrected chi connectivity index (χ2v) is 35.7. The molecule has 0 spiro atoms. The summed E-state index contributed by atoms with van der Waals surface area (Å²) < 4.78 is 113. The molecule has 6 atom stereocenters.